The molecule has 5 rings (SSSR count). The molecule has 1 aliphatic carbocycles. The minimum absolute atomic E-state index is 0.390. The lowest BCUT2D eigenvalue weighted by Gasteiger charge is -2.29. The first-order valence-electron chi connectivity index (χ1n) is 11.6. The van der Waals surface area contributed by atoms with Crippen molar-refractivity contribution >= 4 is 5.96 Å². The highest BCUT2D eigenvalue weighted by Crippen LogP contribution is 2.41. The number of hydroxylamine groups is 2. The summed E-state index contributed by atoms with van der Waals surface area (Å²) >= 11 is 0. The molecule has 0 radical (unpaired) electrons. The number of hydrogen-bond acceptors (Lipinski definition) is 5. The number of guanidine groups is 1. The maximum atomic E-state index is 9.35. The zero-order valence-electron chi connectivity index (χ0n) is 18.9. The Labute approximate surface area is 195 Å². The molecule has 0 saturated heterocycles. The van der Waals surface area contributed by atoms with Crippen molar-refractivity contribution in [2.75, 3.05) is 7.05 Å². The summed E-state index contributed by atoms with van der Waals surface area (Å²) in [6.45, 7) is 0. The number of hydrogen-bond donors (Lipinski definition) is 1. The average Bonchev–Trinajstić information content (AvgIpc) is 3.13. The van der Waals surface area contributed by atoms with Crippen LogP contribution in [0.25, 0.3) is 11.1 Å². The molecule has 0 aromatic heterocycles. The third-order valence-corrected chi connectivity index (χ3v) is 6.76. The Morgan fingerprint density at radius 2 is 1.64 bits per heavy atom. The molecular formula is C28H28N4O. The van der Waals surface area contributed by atoms with Gasteiger partial charge in [-0.3, -0.25) is 0 Å². The number of nitrogens with zero attached hydrogens (tertiary/aromatic N) is 3. The van der Waals surface area contributed by atoms with Gasteiger partial charge in [-0.05, 0) is 78.1 Å². The third-order valence-electron chi connectivity index (χ3n) is 6.76. The number of fused-ring (bicyclic) bond motifs is 3. The largest absolute Gasteiger partial charge is 0.368 e. The van der Waals surface area contributed by atoms with E-state index in [2.05, 4.69) is 48.5 Å². The molecule has 1 atom stereocenters. The molecule has 0 saturated carbocycles. The lowest BCUT2D eigenvalue weighted by atomic mass is 9.87. The van der Waals surface area contributed by atoms with Gasteiger partial charge in [-0.25, -0.2) is 14.9 Å². The quantitative estimate of drug-likeness (QED) is 0.577. The molecule has 1 unspecified atom stereocenters. The molecule has 3 aromatic carbocycles. The molecule has 2 aliphatic rings. The van der Waals surface area contributed by atoms with Crippen LogP contribution >= 0.6 is 0 Å². The lowest BCUT2D eigenvalue weighted by molar-refractivity contribution is -0.176. The molecule has 1 aliphatic heterocycles. The van der Waals surface area contributed by atoms with Gasteiger partial charge >= 0.3 is 0 Å². The van der Waals surface area contributed by atoms with Crippen LogP contribution in [-0.4, -0.2) is 18.1 Å². The van der Waals surface area contributed by atoms with Crippen molar-refractivity contribution in [3.63, 3.8) is 0 Å². The predicted octanol–water partition coefficient (Wildman–Crippen LogP) is 5.08. The maximum absolute atomic E-state index is 9.35. The molecule has 1 heterocycles. The first-order valence-corrected chi connectivity index (χ1v) is 11.6. The van der Waals surface area contributed by atoms with Crippen LogP contribution in [0.1, 0.15) is 47.1 Å². The first-order chi connectivity index (χ1) is 16.1. The Kier molecular flexibility index (Phi) is 5.62. The van der Waals surface area contributed by atoms with Crippen LogP contribution < -0.4 is 5.73 Å². The second-order valence-corrected chi connectivity index (χ2v) is 8.88. The molecule has 0 bridgehead atoms. The van der Waals surface area contributed by atoms with Crippen molar-refractivity contribution in [3.8, 4) is 17.2 Å². The molecule has 5 heteroatoms. The average molecular weight is 437 g/mol. The Bertz CT molecular complexity index is 1260. The van der Waals surface area contributed by atoms with E-state index in [9.17, 15) is 5.26 Å². The first kappa shape index (κ1) is 21.2. The highest BCUT2D eigenvalue weighted by Gasteiger charge is 2.42. The summed E-state index contributed by atoms with van der Waals surface area (Å²) in [5.74, 6) is 0.390. The van der Waals surface area contributed by atoms with Crippen molar-refractivity contribution < 1.29 is 4.84 Å². The number of nitriles is 1. The minimum atomic E-state index is -0.867. The summed E-state index contributed by atoms with van der Waals surface area (Å²) in [6, 6.07) is 25.2. The summed E-state index contributed by atoms with van der Waals surface area (Å²) in [4.78, 5) is 11.3. The predicted molar refractivity (Wildman–Crippen MR) is 130 cm³/mol. The van der Waals surface area contributed by atoms with E-state index < -0.39 is 5.72 Å². The lowest BCUT2D eigenvalue weighted by Crippen LogP contribution is -2.32. The zero-order chi connectivity index (χ0) is 22.8. The molecule has 33 heavy (non-hydrogen) atoms. The van der Waals surface area contributed by atoms with Gasteiger partial charge in [0.1, 0.15) is 0 Å². The normalized spacial score (nSPS) is 20.4. The highest BCUT2D eigenvalue weighted by atomic mass is 16.7. The van der Waals surface area contributed by atoms with E-state index in [4.69, 9.17) is 15.6 Å². The Hall–Kier alpha value is -3.62. The molecular weight excluding hydrogens is 408 g/mol. The molecule has 5 nitrogen and oxygen atoms in total. The van der Waals surface area contributed by atoms with Crippen molar-refractivity contribution in [1.29, 1.82) is 5.26 Å². The Morgan fingerprint density at radius 3 is 2.36 bits per heavy atom. The van der Waals surface area contributed by atoms with Crippen molar-refractivity contribution in [2.45, 2.75) is 44.2 Å². The molecule has 1 spiro atoms. The molecule has 2 N–H and O–H groups in total. The number of rotatable bonds is 1. The van der Waals surface area contributed by atoms with Crippen LogP contribution in [0.4, 0.5) is 0 Å². The van der Waals surface area contributed by atoms with E-state index in [1.165, 1.54) is 16.7 Å². The summed E-state index contributed by atoms with van der Waals surface area (Å²) in [7, 11) is 1.81. The third kappa shape index (κ3) is 4.10. The number of aryl methyl sites for hydroxylation is 3. The zero-order valence-corrected chi connectivity index (χ0v) is 18.9. The van der Waals surface area contributed by atoms with E-state index >= 15 is 0 Å². The minimum Gasteiger partial charge on any atom is -0.368 e. The van der Waals surface area contributed by atoms with Gasteiger partial charge in [0.05, 0.1) is 11.6 Å². The van der Waals surface area contributed by atoms with Gasteiger partial charge < -0.3 is 5.73 Å². The standard InChI is InChI=1S/C28H28N4O/c1-32-27(30)31-28(33-32)16-15-22-10-3-2-8-21(22)9-4-5-11-23-13-14-25(18-26(23)28)24-12-6-7-20(17-24)19-29/h2-3,6-8,10,12-14,17-18H,4-5,9,11,15-16H2,1H3,(H2,30,31). The van der Waals surface area contributed by atoms with E-state index in [0.29, 0.717) is 17.9 Å². The van der Waals surface area contributed by atoms with E-state index in [0.717, 1.165) is 48.8 Å². The highest BCUT2D eigenvalue weighted by molar-refractivity contribution is 5.79. The van der Waals surface area contributed by atoms with Gasteiger partial charge in [0.15, 0.2) is 0 Å². The maximum Gasteiger partial charge on any atom is 0.218 e. The summed E-state index contributed by atoms with van der Waals surface area (Å²) in [6.07, 6.45) is 5.83. The van der Waals surface area contributed by atoms with Gasteiger partial charge in [-0.15, -0.1) is 0 Å². The van der Waals surface area contributed by atoms with Crippen LogP contribution in [0, 0.1) is 11.3 Å². The van der Waals surface area contributed by atoms with Gasteiger partial charge in [-0.2, -0.15) is 5.26 Å². The van der Waals surface area contributed by atoms with Crippen molar-refractivity contribution in [2.24, 2.45) is 10.7 Å². The van der Waals surface area contributed by atoms with Crippen LogP contribution in [-0.2, 0) is 29.8 Å². The number of aliphatic imine (C=N–C) groups is 1. The molecule has 166 valence electrons. The summed E-state index contributed by atoms with van der Waals surface area (Å²) in [5.41, 5.74) is 13.1. The van der Waals surface area contributed by atoms with E-state index in [-0.39, 0.29) is 0 Å². The summed E-state index contributed by atoms with van der Waals surface area (Å²) in [5, 5.41) is 10.9. The molecule has 0 fully saturated rings. The van der Waals surface area contributed by atoms with E-state index in [1.807, 2.05) is 31.3 Å². The van der Waals surface area contributed by atoms with Gasteiger partial charge in [-0.1, -0.05) is 48.5 Å². The van der Waals surface area contributed by atoms with Crippen LogP contribution in [0.3, 0.4) is 0 Å². The summed E-state index contributed by atoms with van der Waals surface area (Å²) < 4.78 is 0. The second kappa shape index (κ2) is 8.73. The van der Waals surface area contributed by atoms with Crippen molar-refractivity contribution in [1.82, 2.24) is 5.06 Å². The fraction of sp³-hybridized carbons (Fsp3) is 0.286. The fourth-order valence-electron chi connectivity index (χ4n) is 4.98. The Balaban J connectivity index is 1.64. The molecule has 3 aromatic rings. The monoisotopic (exact) mass is 436 g/mol. The fourth-order valence-corrected chi connectivity index (χ4v) is 4.98. The van der Waals surface area contributed by atoms with Crippen LogP contribution in [0.2, 0.25) is 0 Å². The van der Waals surface area contributed by atoms with Gasteiger partial charge in [0.25, 0.3) is 0 Å². The van der Waals surface area contributed by atoms with Crippen molar-refractivity contribution in [3.05, 3.63) is 94.5 Å². The smallest absolute Gasteiger partial charge is 0.218 e. The van der Waals surface area contributed by atoms with Crippen LogP contribution in [0.15, 0.2) is 71.7 Å². The SMILES string of the molecule is CN1OC2(CCc3ccccc3CCCCc3ccc(-c4cccc(C#N)c4)cc32)N=C1N. The van der Waals surface area contributed by atoms with Gasteiger partial charge in [0, 0.05) is 19.0 Å². The molecule has 0 amide bonds. The number of benzene rings is 3. The van der Waals surface area contributed by atoms with Crippen LogP contribution in [0.5, 0.6) is 0 Å². The van der Waals surface area contributed by atoms with E-state index in [1.54, 1.807) is 5.06 Å². The topological polar surface area (TPSA) is 74.6 Å². The Morgan fingerprint density at radius 1 is 0.909 bits per heavy atom. The number of nitrogens with two attached hydrogens (primary N) is 1. The second-order valence-electron chi connectivity index (χ2n) is 8.88. The van der Waals surface area contributed by atoms with Gasteiger partial charge in [0.2, 0.25) is 11.7 Å².